The van der Waals surface area contributed by atoms with Crippen LogP contribution in [0.2, 0.25) is 0 Å². The van der Waals surface area contributed by atoms with E-state index in [1.165, 1.54) is 0 Å². The highest BCUT2D eigenvalue weighted by atomic mass is 32.1. The molecule has 0 saturated heterocycles. The van der Waals surface area contributed by atoms with E-state index < -0.39 is 0 Å². The van der Waals surface area contributed by atoms with Gasteiger partial charge in [0, 0.05) is 6.54 Å². The molecule has 3 heteroatoms. The Morgan fingerprint density at radius 1 is 1.50 bits per heavy atom. The molecule has 0 amide bonds. The second-order valence-corrected chi connectivity index (χ2v) is 1.18. The Bertz CT molecular complexity index is 20.8. The number of hydrazine groups is 1. The molecule has 0 atom stereocenters. The second kappa shape index (κ2) is 5.27. The van der Waals surface area contributed by atoms with Crippen LogP contribution in [0.25, 0.3) is 0 Å². The van der Waals surface area contributed by atoms with Gasteiger partial charge in [-0.05, 0) is 0 Å². The fourth-order valence-electron chi connectivity index (χ4n) is 0.181. The number of nitrogens with one attached hydrogen (secondary N) is 2. The Hall–Kier alpha value is 0.270. The third-order valence-electron chi connectivity index (χ3n) is 0.381. The van der Waals surface area contributed by atoms with Gasteiger partial charge in [0.25, 0.3) is 0 Å². The zero-order valence-corrected chi connectivity index (χ0v) is 4.76. The van der Waals surface area contributed by atoms with Crippen LogP contribution in [0.5, 0.6) is 0 Å². The fourth-order valence-corrected chi connectivity index (χ4v) is 0.293. The molecule has 0 saturated carbocycles. The molecule has 0 radical (unpaired) electrons. The van der Waals surface area contributed by atoms with Crippen LogP contribution in [0.3, 0.4) is 0 Å². The van der Waals surface area contributed by atoms with Crippen molar-refractivity contribution in [1.82, 2.24) is 10.9 Å². The average Bonchev–Trinajstić information content (AvgIpc) is 1.61. The number of hydrogen-bond donors (Lipinski definition) is 3. The zero-order chi connectivity index (χ0) is 4.83. The van der Waals surface area contributed by atoms with Crippen LogP contribution in [-0.4, -0.2) is 12.4 Å². The minimum absolute atomic E-state index is 0.688. The van der Waals surface area contributed by atoms with Gasteiger partial charge in [0.05, 0.1) is 5.88 Å². The average molecular weight is 106 g/mol. The van der Waals surface area contributed by atoms with E-state index in [0.29, 0.717) is 5.88 Å². The zero-order valence-electron chi connectivity index (χ0n) is 3.86. The normalized spacial score (nSPS) is 9.00. The lowest BCUT2D eigenvalue weighted by Gasteiger charge is -1.95. The van der Waals surface area contributed by atoms with Crippen molar-refractivity contribution in [3.05, 3.63) is 0 Å². The summed E-state index contributed by atoms with van der Waals surface area (Å²) in [5, 5.41) is 0. The molecule has 0 aliphatic rings. The van der Waals surface area contributed by atoms with E-state index in [1.54, 1.807) is 0 Å². The maximum atomic E-state index is 3.88. The molecular formula is C3H10N2S. The van der Waals surface area contributed by atoms with Crippen LogP contribution >= 0.6 is 12.6 Å². The Morgan fingerprint density at radius 2 is 2.17 bits per heavy atom. The lowest BCUT2D eigenvalue weighted by molar-refractivity contribution is 0.612. The molecule has 38 valence electrons. The summed E-state index contributed by atoms with van der Waals surface area (Å²) in [7, 11) is 0. The summed E-state index contributed by atoms with van der Waals surface area (Å²) in [6, 6.07) is 0. The van der Waals surface area contributed by atoms with E-state index >= 15 is 0 Å². The quantitative estimate of drug-likeness (QED) is 0.204. The predicted octanol–water partition coefficient (Wildman–Crippen LogP) is -0.0122. The number of rotatable bonds is 3. The van der Waals surface area contributed by atoms with Crippen molar-refractivity contribution < 1.29 is 0 Å². The van der Waals surface area contributed by atoms with Crippen molar-refractivity contribution in [3.63, 3.8) is 0 Å². The summed E-state index contributed by atoms with van der Waals surface area (Å²) in [5.41, 5.74) is 5.68. The Morgan fingerprint density at radius 3 is 2.33 bits per heavy atom. The lowest BCUT2D eigenvalue weighted by Crippen LogP contribution is -2.29. The largest absolute Gasteiger partial charge is 0.257 e. The van der Waals surface area contributed by atoms with E-state index in [0.717, 1.165) is 6.54 Å². The second-order valence-electron chi connectivity index (χ2n) is 0.865. The molecule has 0 spiro atoms. The highest BCUT2D eigenvalue weighted by Gasteiger charge is 1.68. The molecule has 0 rings (SSSR count). The molecule has 0 aliphatic heterocycles. The summed E-state index contributed by atoms with van der Waals surface area (Å²) in [5.74, 6) is 0.688. The minimum atomic E-state index is 0.688. The first-order valence-corrected chi connectivity index (χ1v) is 2.61. The van der Waals surface area contributed by atoms with Crippen LogP contribution in [0.1, 0.15) is 6.92 Å². The third kappa shape index (κ3) is 4.27. The van der Waals surface area contributed by atoms with E-state index in [-0.39, 0.29) is 0 Å². The Balaban J connectivity index is 2.34. The van der Waals surface area contributed by atoms with Crippen LogP contribution in [0.15, 0.2) is 0 Å². The van der Waals surface area contributed by atoms with E-state index in [4.69, 9.17) is 0 Å². The van der Waals surface area contributed by atoms with Crippen molar-refractivity contribution >= 4 is 12.6 Å². The monoisotopic (exact) mass is 106 g/mol. The number of thiol groups is 1. The summed E-state index contributed by atoms with van der Waals surface area (Å²) >= 11 is 3.88. The number of hydrogen-bond acceptors (Lipinski definition) is 3. The maximum Gasteiger partial charge on any atom is 0.0526 e. The maximum absolute atomic E-state index is 3.88. The highest BCUT2D eigenvalue weighted by Crippen LogP contribution is 1.56. The fraction of sp³-hybridized carbons (Fsp3) is 1.00. The van der Waals surface area contributed by atoms with E-state index in [2.05, 4.69) is 23.5 Å². The Labute approximate surface area is 43.7 Å². The molecule has 2 nitrogen and oxygen atoms in total. The van der Waals surface area contributed by atoms with Crippen molar-refractivity contribution in [2.75, 3.05) is 12.4 Å². The van der Waals surface area contributed by atoms with E-state index in [9.17, 15) is 0 Å². The summed E-state index contributed by atoms with van der Waals surface area (Å²) in [6.07, 6.45) is 0. The van der Waals surface area contributed by atoms with Crippen molar-refractivity contribution in [3.8, 4) is 0 Å². The van der Waals surface area contributed by atoms with Gasteiger partial charge in [-0.3, -0.25) is 5.43 Å². The molecule has 0 aromatic heterocycles. The smallest absolute Gasteiger partial charge is 0.0526 e. The van der Waals surface area contributed by atoms with Crippen LogP contribution in [-0.2, 0) is 0 Å². The first kappa shape index (κ1) is 6.27. The summed E-state index contributed by atoms with van der Waals surface area (Å²) in [4.78, 5) is 0. The summed E-state index contributed by atoms with van der Waals surface area (Å²) in [6.45, 7) is 2.97. The van der Waals surface area contributed by atoms with Gasteiger partial charge in [0.15, 0.2) is 0 Å². The van der Waals surface area contributed by atoms with Crippen molar-refractivity contribution in [2.45, 2.75) is 6.92 Å². The first-order valence-electron chi connectivity index (χ1n) is 1.98. The van der Waals surface area contributed by atoms with Gasteiger partial charge in [0.2, 0.25) is 0 Å². The molecule has 0 aromatic rings. The van der Waals surface area contributed by atoms with Crippen molar-refractivity contribution in [2.24, 2.45) is 0 Å². The molecule has 2 N–H and O–H groups in total. The van der Waals surface area contributed by atoms with Gasteiger partial charge in [-0.1, -0.05) is 6.92 Å². The Kier molecular flexibility index (Phi) is 5.51. The van der Waals surface area contributed by atoms with Gasteiger partial charge in [-0.15, -0.1) is 0 Å². The molecule has 0 heterocycles. The van der Waals surface area contributed by atoms with Gasteiger partial charge in [-0.2, -0.15) is 12.6 Å². The standard InChI is InChI=1S/C3H10N2S/c1-2-4-5-3-6/h4-6H,2-3H2,1H3. The SMILES string of the molecule is CCNNCS. The van der Waals surface area contributed by atoms with Gasteiger partial charge in [-0.25, -0.2) is 5.43 Å². The van der Waals surface area contributed by atoms with Gasteiger partial charge in [0.1, 0.15) is 0 Å². The van der Waals surface area contributed by atoms with Crippen molar-refractivity contribution in [1.29, 1.82) is 0 Å². The van der Waals surface area contributed by atoms with Crippen LogP contribution in [0.4, 0.5) is 0 Å². The van der Waals surface area contributed by atoms with E-state index in [1.807, 2.05) is 6.92 Å². The summed E-state index contributed by atoms with van der Waals surface area (Å²) < 4.78 is 0. The molecule has 0 aromatic carbocycles. The third-order valence-corrected chi connectivity index (χ3v) is 0.539. The van der Waals surface area contributed by atoms with Crippen LogP contribution in [0, 0.1) is 0 Å². The van der Waals surface area contributed by atoms with Gasteiger partial charge < -0.3 is 0 Å². The van der Waals surface area contributed by atoms with Crippen LogP contribution < -0.4 is 10.9 Å². The molecule has 0 fully saturated rings. The first-order chi connectivity index (χ1) is 2.91. The molecule has 0 aliphatic carbocycles. The molecule has 0 bridgehead atoms. The van der Waals surface area contributed by atoms with Gasteiger partial charge >= 0.3 is 0 Å². The molecular weight excluding hydrogens is 96.1 g/mol. The highest BCUT2D eigenvalue weighted by molar-refractivity contribution is 7.80. The predicted molar refractivity (Wildman–Crippen MR) is 30.7 cm³/mol. The molecule has 0 unspecified atom stereocenters. The molecule has 6 heavy (non-hydrogen) atoms. The minimum Gasteiger partial charge on any atom is -0.257 e. The lowest BCUT2D eigenvalue weighted by atomic mass is 10.8. The topological polar surface area (TPSA) is 24.1 Å².